The molecule has 2 amide bonds. The Morgan fingerprint density at radius 3 is 3.05 bits per heavy atom. The normalized spacial score (nSPS) is 30.1. The van der Waals surface area contributed by atoms with Crippen LogP contribution in [0.3, 0.4) is 0 Å². The predicted octanol–water partition coefficient (Wildman–Crippen LogP) is 1.17. The zero-order chi connectivity index (χ0) is 14.3. The fourth-order valence-electron chi connectivity index (χ4n) is 2.59. The molecule has 0 spiro atoms. The van der Waals surface area contributed by atoms with Crippen molar-refractivity contribution in [2.24, 2.45) is 0 Å². The van der Waals surface area contributed by atoms with Crippen molar-refractivity contribution in [3.05, 3.63) is 20.8 Å². The predicted molar refractivity (Wildman–Crippen MR) is 78.6 cm³/mol. The Hall–Kier alpha value is -0.920. The number of amides is 2. The van der Waals surface area contributed by atoms with Crippen LogP contribution in [0.15, 0.2) is 15.9 Å². The number of morpholine rings is 1. The number of hydrogen-bond donors (Lipinski definition) is 1. The summed E-state index contributed by atoms with van der Waals surface area (Å²) in [5, 5.41) is 4.79. The summed E-state index contributed by atoms with van der Waals surface area (Å²) < 4.78 is 6.45. The summed E-state index contributed by atoms with van der Waals surface area (Å²) in [4.78, 5) is 27.4. The maximum atomic E-state index is 12.5. The van der Waals surface area contributed by atoms with E-state index in [2.05, 4.69) is 21.2 Å². The maximum absolute atomic E-state index is 12.5. The van der Waals surface area contributed by atoms with Crippen molar-refractivity contribution in [2.45, 2.75) is 31.5 Å². The minimum atomic E-state index is -0.473. The Balaban J connectivity index is 1.78. The number of halogens is 1. The SMILES string of the molecule is C[C@H]1CN2C(=O)[C@H](Cc3sccc3Br)NC(=O)[C@@H]2CO1. The molecule has 20 heavy (non-hydrogen) atoms. The molecule has 1 aromatic rings. The van der Waals surface area contributed by atoms with Crippen LogP contribution in [0.1, 0.15) is 11.8 Å². The van der Waals surface area contributed by atoms with Gasteiger partial charge >= 0.3 is 0 Å². The van der Waals surface area contributed by atoms with Crippen molar-refractivity contribution in [2.75, 3.05) is 13.2 Å². The number of nitrogens with one attached hydrogen (secondary N) is 1. The zero-order valence-corrected chi connectivity index (χ0v) is 13.4. The second-order valence-corrected chi connectivity index (χ2v) is 6.96. The average Bonchev–Trinajstić information content (AvgIpc) is 2.81. The van der Waals surface area contributed by atoms with Crippen molar-refractivity contribution in [3.8, 4) is 0 Å². The first-order chi connectivity index (χ1) is 9.56. The van der Waals surface area contributed by atoms with Gasteiger partial charge in [-0.25, -0.2) is 0 Å². The fourth-order valence-corrected chi connectivity index (χ4v) is 4.15. The molecule has 2 fully saturated rings. The van der Waals surface area contributed by atoms with Gasteiger partial charge in [-0.2, -0.15) is 0 Å². The van der Waals surface area contributed by atoms with Crippen molar-refractivity contribution in [1.29, 1.82) is 0 Å². The highest BCUT2D eigenvalue weighted by molar-refractivity contribution is 9.10. The standard InChI is InChI=1S/C13H15BrN2O3S/c1-7-5-16-10(6-19-7)12(17)15-9(13(16)18)4-11-8(14)2-3-20-11/h2-3,7,9-10H,4-6H2,1H3,(H,15,17)/t7-,9-,10-/m0/s1. The molecule has 2 aliphatic rings. The van der Waals surface area contributed by atoms with Gasteiger partial charge in [0, 0.05) is 22.3 Å². The van der Waals surface area contributed by atoms with E-state index in [1.54, 1.807) is 16.2 Å². The molecule has 0 radical (unpaired) electrons. The molecule has 5 nitrogen and oxygen atoms in total. The van der Waals surface area contributed by atoms with E-state index in [1.165, 1.54) is 0 Å². The maximum Gasteiger partial charge on any atom is 0.246 e. The summed E-state index contributed by atoms with van der Waals surface area (Å²) in [6, 6.07) is 1.01. The Labute approximate surface area is 129 Å². The van der Waals surface area contributed by atoms with Crippen molar-refractivity contribution < 1.29 is 14.3 Å². The molecule has 0 unspecified atom stereocenters. The van der Waals surface area contributed by atoms with Crippen LogP contribution in [0.25, 0.3) is 0 Å². The van der Waals surface area contributed by atoms with Crippen molar-refractivity contribution in [3.63, 3.8) is 0 Å². The summed E-state index contributed by atoms with van der Waals surface area (Å²) in [6.45, 7) is 2.69. The van der Waals surface area contributed by atoms with Gasteiger partial charge in [-0.3, -0.25) is 9.59 Å². The lowest BCUT2D eigenvalue weighted by Crippen LogP contribution is -2.68. The highest BCUT2D eigenvalue weighted by Crippen LogP contribution is 2.26. The van der Waals surface area contributed by atoms with Crippen LogP contribution < -0.4 is 5.32 Å². The third kappa shape index (κ3) is 2.49. The van der Waals surface area contributed by atoms with Crippen LogP contribution >= 0.6 is 27.3 Å². The lowest BCUT2D eigenvalue weighted by atomic mass is 10.0. The van der Waals surface area contributed by atoms with Crippen LogP contribution in [0.4, 0.5) is 0 Å². The van der Waals surface area contributed by atoms with E-state index in [-0.39, 0.29) is 24.5 Å². The zero-order valence-electron chi connectivity index (χ0n) is 11.0. The van der Waals surface area contributed by atoms with Gasteiger partial charge in [0.15, 0.2) is 0 Å². The number of rotatable bonds is 2. The molecule has 7 heteroatoms. The third-order valence-corrected chi connectivity index (χ3v) is 5.60. The van der Waals surface area contributed by atoms with Gasteiger partial charge in [-0.1, -0.05) is 0 Å². The number of piperazine rings is 1. The smallest absolute Gasteiger partial charge is 0.246 e. The van der Waals surface area contributed by atoms with Gasteiger partial charge in [-0.15, -0.1) is 11.3 Å². The summed E-state index contributed by atoms with van der Waals surface area (Å²) in [7, 11) is 0. The minimum absolute atomic E-state index is 0.00921. The number of carbonyl (C=O) groups is 2. The highest BCUT2D eigenvalue weighted by Gasteiger charge is 2.43. The summed E-state index contributed by atoms with van der Waals surface area (Å²) in [5.41, 5.74) is 0. The molecule has 2 aliphatic heterocycles. The first-order valence-electron chi connectivity index (χ1n) is 6.50. The van der Waals surface area contributed by atoms with Crippen LogP contribution in [0, 0.1) is 0 Å². The largest absolute Gasteiger partial charge is 0.374 e. The molecular formula is C13H15BrN2O3S. The first-order valence-corrected chi connectivity index (χ1v) is 8.18. The van der Waals surface area contributed by atoms with Crippen LogP contribution in [-0.4, -0.2) is 48.1 Å². The second-order valence-electron chi connectivity index (χ2n) is 5.11. The number of hydrogen-bond acceptors (Lipinski definition) is 4. The monoisotopic (exact) mass is 358 g/mol. The molecule has 1 aromatic heterocycles. The van der Waals surface area contributed by atoms with Crippen LogP contribution in [-0.2, 0) is 20.7 Å². The van der Waals surface area contributed by atoms with Gasteiger partial charge in [0.2, 0.25) is 11.8 Å². The Morgan fingerprint density at radius 1 is 1.55 bits per heavy atom. The summed E-state index contributed by atoms with van der Waals surface area (Å²) in [5.74, 6) is -0.126. The van der Waals surface area contributed by atoms with Crippen molar-refractivity contribution >= 4 is 39.1 Å². The van der Waals surface area contributed by atoms with E-state index >= 15 is 0 Å². The molecular weight excluding hydrogens is 344 g/mol. The number of ether oxygens (including phenoxy) is 1. The van der Waals surface area contributed by atoms with Gasteiger partial charge in [-0.05, 0) is 34.3 Å². The molecule has 3 atom stereocenters. The quantitative estimate of drug-likeness (QED) is 0.863. The second kappa shape index (κ2) is 5.46. The van der Waals surface area contributed by atoms with Crippen molar-refractivity contribution in [1.82, 2.24) is 10.2 Å². The third-order valence-electron chi connectivity index (χ3n) is 3.65. The molecule has 0 aromatic carbocycles. The number of carbonyl (C=O) groups excluding carboxylic acids is 2. The molecule has 1 N–H and O–H groups in total. The van der Waals surface area contributed by atoms with Crippen LogP contribution in [0.5, 0.6) is 0 Å². The Kier molecular flexibility index (Phi) is 3.83. The average molecular weight is 359 g/mol. The van der Waals surface area contributed by atoms with E-state index < -0.39 is 12.1 Å². The fraction of sp³-hybridized carbons (Fsp3) is 0.538. The Morgan fingerprint density at radius 2 is 2.35 bits per heavy atom. The molecule has 0 aliphatic carbocycles. The van der Waals surface area contributed by atoms with Gasteiger partial charge in [0.05, 0.1) is 12.7 Å². The number of thiophene rings is 1. The van der Waals surface area contributed by atoms with E-state index in [1.807, 2.05) is 18.4 Å². The molecule has 108 valence electrons. The lowest BCUT2D eigenvalue weighted by molar-refractivity contribution is -0.161. The molecule has 3 rings (SSSR count). The van der Waals surface area contributed by atoms with Crippen LogP contribution in [0.2, 0.25) is 0 Å². The Bertz CT molecular complexity index is 547. The number of fused-ring (bicyclic) bond motifs is 1. The van der Waals surface area contributed by atoms with E-state index in [0.717, 1.165) is 9.35 Å². The summed E-state index contributed by atoms with van der Waals surface area (Å²) in [6.07, 6.45) is 0.511. The van der Waals surface area contributed by atoms with E-state index in [0.29, 0.717) is 13.0 Å². The summed E-state index contributed by atoms with van der Waals surface area (Å²) >= 11 is 5.04. The molecule has 2 saturated heterocycles. The first kappa shape index (κ1) is 14.0. The molecule has 0 bridgehead atoms. The molecule has 3 heterocycles. The van der Waals surface area contributed by atoms with E-state index in [9.17, 15) is 9.59 Å². The van der Waals surface area contributed by atoms with Gasteiger partial charge < -0.3 is 15.0 Å². The topological polar surface area (TPSA) is 58.6 Å². The molecule has 0 saturated carbocycles. The lowest BCUT2D eigenvalue weighted by Gasteiger charge is -2.43. The van der Waals surface area contributed by atoms with Gasteiger partial charge in [0.1, 0.15) is 12.1 Å². The van der Waals surface area contributed by atoms with E-state index in [4.69, 9.17) is 4.74 Å². The minimum Gasteiger partial charge on any atom is -0.374 e. The van der Waals surface area contributed by atoms with Gasteiger partial charge in [0.25, 0.3) is 0 Å². The highest BCUT2D eigenvalue weighted by atomic mass is 79.9. The number of nitrogens with zero attached hydrogens (tertiary/aromatic N) is 1.